The van der Waals surface area contributed by atoms with E-state index in [1.165, 1.54) is 0 Å². The fraction of sp³-hybridized carbons (Fsp3) is 0.118. The second-order valence-corrected chi connectivity index (χ2v) is 9.86. The zero-order valence-corrected chi connectivity index (χ0v) is 22.1. The lowest BCUT2D eigenvalue weighted by Crippen LogP contribution is -2.38. The van der Waals surface area contributed by atoms with Crippen LogP contribution in [0.25, 0.3) is 6.08 Å². The molecule has 2 heterocycles. The molecule has 0 saturated carbocycles. The summed E-state index contributed by atoms with van der Waals surface area (Å²) in [6.07, 6.45) is 1.85. The molecule has 0 fully saturated rings. The summed E-state index contributed by atoms with van der Waals surface area (Å²) in [5.74, 6) is 0.220. The largest absolute Gasteiger partial charge is 0.496 e. The summed E-state index contributed by atoms with van der Waals surface area (Å²) in [6.45, 7) is 4.02. The Morgan fingerprint density at radius 3 is 1.92 bits per heavy atom. The van der Waals surface area contributed by atoms with Crippen LogP contribution < -0.4 is 14.5 Å². The number of methoxy groups -OCH3 is 1. The maximum absolute atomic E-state index is 14.4. The maximum atomic E-state index is 14.4. The van der Waals surface area contributed by atoms with Crippen molar-refractivity contribution in [1.29, 1.82) is 0 Å². The molecule has 0 saturated heterocycles. The number of rotatable bonds is 5. The summed E-state index contributed by atoms with van der Waals surface area (Å²) < 4.78 is 5.60. The van der Waals surface area contributed by atoms with Gasteiger partial charge in [0, 0.05) is 28.1 Å². The first-order valence-electron chi connectivity index (χ1n) is 12.9. The summed E-state index contributed by atoms with van der Waals surface area (Å²) >= 11 is 0. The average molecular weight is 513 g/mol. The number of nitrogens with zero attached hydrogens (tertiary/aromatic N) is 2. The van der Waals surface area contributed by atoms with E-state index in [9.17, 15) is 9.59 Å². The van der Waals surface area contributed by atoms with Crippen molar-refractivity contribution in [2.45, 2.75) is 19.9 Å². The van der Waals surface area contributed by atoms with Crippen LogP contribution in [0.5, 0.6) is 5.75 Å². The van der Waals surface area contributed by atoms with Gasteiger partial charge < -0.3 is 4.74 Å². The molecule has 0 bridgehead atoms. The minimum atomic E-state index is -0.475. The standard InChI is InChI=1S/C34H28N2O3/c1-22-13-17-26(18-14-22)35-31(24-9-5-4-6-10-24)30-28(21-25-11-7-8-12-29(25)39-3)33(37)36(32(30)34(35)38)27-19-15-23(2)16-20-27/h4-21,31H,1-3H3/b28-21-/t31-/m0/s1. The van der Waals surface area contributed by atoms with Gasteiger partial charge in [-0.05, 0) is 55.8 Å². The second kappa shape index (κ2) is 9.76. The number of hydrogen-bond donors (Lipinski definition) is 0. The number of benzene rings is 4. The highest BCUT2D eigenvalue weighted by Gasteiger charge is 2.52. The number of para-hydroxylation sites is 1. The first-order valence-corrected chi connectivity index (χ1v) is 12.9. The highest BCUT2D eigenvalue weighted by Crippen LogP contribution is 2.51. The van der Waals surface area contributed by atoms with E-state index >= 15 is 0 Å². The number of ether oxygens (including phenoxy) is 1. The highest BCUT2D eigenvalue weighted by molar-refractivity contribution is 6.29. The molecule has 0 spiro atoms. The van der Waals surface area contributed by atoms with E-state index in [1.54, 1.807) is 12.0 Å². The van der Waals surface area contributed by atoms with Crippen molar-refractivity contribution in [2.24, 2.45) is 0 Å². The van der Waals surface area contributed by atoms with Gasteiger partial charge in [-0.2, -0.15) is 0 Å². The molecule has 2 amide bonds. The van der Waals surface area contributed by atoms with Crippen molar-refractivity contribution in [2.75, 3.05) is 16.9 Å². The Morgan fingerprint density at radius 1 is 0.692 bits per heavy atom. The molecule has 0 radical (unpaired) electrons. The van der Waals surface area contributed by atoms with Gasteiger partial charge in [0.25, 0.3) is 11.8 Å². The van der Waals surface area contributed by atoms with E-state index in [4.69, 9.17) is 4.74 Å². The number of carbonyl (C=O) groups is 2. The number of anilines is 2. The zero-order valence-electron chi connectivity index (χ0n) is 22.1. The molecule has 4 aromatic carbocycles. The molecule has 5 nitrogen and oxygen atoms in total. The van der Waals surface area contributed by atoms with Gasteiger partial charge >= 0.3 is 0 Å². The monoisotopic (exact) mass is 512 g/mol. The van der Waals surface area contributed by atoms with Crippen molar-refractivity contribution in [3.8, 4) is 5.75 Å². The normalized spacial score (nSPS) is 17.8. The van der Waals surface area contributed by atoms with Gasteiger partial charge in [0.1, 0.15) is 11.4 Å². The van der Waals surface area contributed by atoms with E-state index in [0.717, 1.165) is 27.9 Å². The SMILES string of the molecule is COc1ccccc1/C=C1\C(=O)N(c2ccc(C)cc2)C2=C1[C@H](c1ccccc1)N(c1ccc(C)cc1)C2=O. The van der Waals surface area contributed by atoms with E-state index in [2.05, 4.69) is 0 Å². The number of aryl methyl sites for hydroxylation is 2. The van der Waals surface area contributed by atoms with Crippen LogP contribution in [0.1, 0.15) is 28.3 Å². The van der Waals surface area contributed by atoms with Crippen LogP contribution in [0.15, 0.2) is 120 Å². The topological polar surface area (TPSA) is 49.9 Å². The lowest BCUT2D eigenvalue weighted by atomic mass is 9.92. The van der Waals surface area contributed by atoms with Gasteiger partial charge in [0.15, 0.2) is 0 Å². The van der Waals surface area contributed by atoms with Gasteiger partial charge in [0.05, 0.1) is 13.2 Å². The predicted octanol–water partition coefficient (Wildman–Crippen LogP) is 6.78. The first-order chi connectivity index (χ1) is 19.0. The summed E-state index contributed by atoms with van der Waals surface area (Å²) in [4.78, 5) is 32.0. The number of carbonyl (C=O) groups excluding carboxylic acids is 2. The molecule has 2 aliphatic heterocycles. The molecule has 0 aromatic heterocycles. The van der Waals surface area contributed by atoms with Crippen LogP contribution in [0.3, 0.4) is 0 Å². The van der Waals surface area contributed by atoms with Crippen molar-refractivity contribution < 1.29 is 14.3 Å². The Hall–Kier alpha value is -4.90. The fourth-order valence-corrected chi connectivity index (χ4v) is 5.38. The Labute approximate surface area is 228 Å². The van der Waals surface area contributed by atoms with Gasteiger partial charge in [-0.3, -0.25) is 19.4 Å². The number of hydrogen-bond acceptors (Lipinski definition) is 3. The first kappa shape index (κ1) is 24.4. The molecule has 0 N–H and O–H groups in total. The minimum absolute atomic E-state index is 0.208. The third kappa shape index (κ3) is 4.12. The number of amides is 2. The Balaban J connectivity index is 1.62. The maximum Gasteiger partial charge on any atom is 0.276 e. The molecule has 6 rings (SSSR count). The molecule has 5 heteroatoms. The van der Waals surface area contributed by atoms with E-state index in [-0.39, 0.29) is 11.8 Å². The van der Waals surface area contributed by atoms with Crippen molar-refractivity contribution in [3.63, 3.8) is 0 Å². The Kier molecular flexibility index (Phi) is 6.12. The quantitative estimate of drug-likeness (QED) is 0.277. The van der Waals surface area contributed by atoms with E-state index in [0.29, 0.717) is 28.3 Å². The molecule has 39 heavy (non-hydrogen) atoms. The fourth-order valence-electron chi connectivity index (χ4n) is 5.38. The molecule has 192 valence electrons. The second-order valence-electron chi connectivity index (χ2n) is 9.86. The van der Waals surface area contributed by atoms with Crippen LogP contribution in [-0.2, 0) is 9.59 Å². The van der Waals surface area contributed by atoms with Crippen LogP contribution in [0.2, 0.25) is 0 Å². The molecule has 2 aliphatic rings. The lowest BCUT2D eigenvalue weighted by molar-refractivity contribution is -0.118. The zero-order chi connectivity index (χ0) is 27.1. The molecular weight excluding hydrogens is 484 g/mol. The third-order valence-corrected chi connectivity index (χ3v) is 7.31. The molecular formula is C34H28N2O3. The van der Waals surface area contributed by atoms with Gasteiger partial charge in [-0.25, -0.2) is 0 Å². The Bertz CT molecular complexity index is 1630. The van der Waals surface area contributed by atoms with Crippen LogP contribution in [-0.4, -0.2) is 18.9 Å². The lowest BCUT2D eigenvalue weighted by Gasteiger charge is -2.30. The molecule has 0 aliphatic carbocycles. The van der Waals surface area contributed by atoms with E-state index < -0.39 is 6.04 Å². The summed E-state index contributed by atoms with van der Waals surface area (Å²) in [5.41, 5.74) is 6.89. The highest BCUT2D eigenvalue weighted by atomic mass is 16.5. The smallest absolute Gasteiger partial charge is 0.276 e. The van der Waals surface area contributed by atoms with Crippen LogP contribution >= 0.6 is 0 Å². The van der Waals surface area contributed by atoms with Crippen LogP contribution in [0.4, 0.5) is 11.4 Å². The van der Waals surface area contributed by atoms with Crippen molar-refractivity contribution in [3.05, 3.63) is 142 Å². The van der Waals surface area contributed by atoms with Crippen LogP contribution in [0, 0.1) is 13.8 Å². The summed E-state index contributed by atoms with van der Waals surface area (Å²) in [6, 6.07) is 32.6. The third-order valence-electron chi connectivity index (χ3n) is 7.31. The van der Waals surface area contributed by atoms with Crippen molar-refractivity contribution >= 4 is 29.3 Å². The van der Waals surface area contributed by atoms with Gasteiger partial charge in [-0.15, -0.1) is 0 Å². The predicted molar refractivity (Wildman–Crippen MR) is 155 cm³/mol. The van der Waals surface area contributed by atoms with E-state index in [1.807, 2.05) is 128 Å². The Morgan fingerprint density at radius 2 is 1.28 bits per heavy atom. The minimum Gasteiger partial charge on any atom is -0.496 e. The molecule has 1 atom stereocenters. The van der Waals surface area contributed by atoms with Gasteiger partial charge in [0.2, 0.25) is 0 Å². The van der Waals surface area contributed by atoms with Gasteiger partial charge in [-0.1, -0.05) is 83.9 Å². The summed E-state index contributed by atoms with van der Waals surface area (Å²) in [5, 5.41) is 0. The molecule has 4 aromatic rings. The van der Waals surface area contributed by atoms with Crippen molar-refractivity contribution in [1.82, 2.24) is 0 Å². The molecule has 0 unspecified atom stereocenters. The summed E-state index contributed by atoms with van der Waals surface area (Å²) in [7, 11) is 1.61. The average Bonchev–Trinajstić information content (AvgIpc) is 3.41.